The van der Waals surface area contributed by atoms with Gasteiger partial charge in [0, 0.05) is 0 Å². The maximum atomic E-state index is 12.7. The van der Waals surface area contributed by atoms with Gasteiger partial charge in [-0.15, -0.1) is 0 Å². The fourth-order valence-electron chi connectivity index (χ4n) is 3.64. The fraction of sp³-hybridized carbons (Fsp3) is 0.375. The lowest BCUT2D eigenvalue weighted by atomic mass is 9.78. The molecule has 4 atom stereocenters. The molecule has 3 aliphatic rings. The number of nitrogens with zero attached hydrogens (tertiary/aromatic N) is 1. The van der Waals surface area contributed by atoms with Crippen LogP contribution in [0.4, 0.5) is 5.69 Å². The number of rotatable bonds is 2. The second-order valence-corrected chi connectivity index (χ2v) is 5.84. The Morgan fingerprint density at radius 3 is 2.52 bits per heavy atom. The first-order chi connectivity index (χ1) is 10.0. The van der Waals surface area contributed by atoms with Crippen LogP contribution in [0.15, 0.2) is 36.4 Å². The van der Waals surface area contributed by atoms with Crippen molar-refractivity contribution in [1.29, 1.82) is 0 Å². The van der Waals surface area contributed by atoms with Crippen LogP contribution >= 0.6 is 0 Å². The molecule has 0 radical (unpaired) electrons. The molecule has 2 fully saturated rings. The molecule has 3 heterocycles. The first-order valence-corrected chi connectivity index (χ1v) is 6.94. The van der Waals surface area contributed by atoms with Gasteiger partial charge in [0.2, 0.25) is 11.8 Å². The summed E-state index contributed by atoms with van der Waals surface area (Å²) in [6, 6.07) is 6.95. The topological polar surface area (TPSA) is 55.8 Å². The monoisotopic (exact) mass is 285 g/mol. The molecule has 0 aromatic heterocycles. The molecule has 108 valence electrons. The van der Waals surface area contributed by atoms with Gasteiger partial charge in [-0.25, -0.2) is 4.90 Å². The molecular weight excluding hydrogens is 270 g/mol. The maximum absolute atomic E-state index is 12.7. The van der Waals surface area contributed by atoms with Crippen molar-refractivity contribution in [3.8, 4) is 5.75 Å². The number of ether oxygens (including phenoxy) is 2. The number of anilines is 1. The molecule has 0 unspecified atom stereocenters. The lowest BCUT2D eigenvalue weighted by Crippen LogP contribution is -2.38. The molecule has 0 saturated carbocycles. The molecular formula is C16H15NO4. The van der Waals surface area contributed by atoms with Gasteiger partial charge in [-0.3, -0.25) is 9.59 Å². The quantitative estimate of drug-likeness (QED) is 0.611. The van der Waals surface area contributed by atoms with E-state index in [4.69, 9.17) is 9.47 Å². The lowest BCUT2D eigenvalue weighted by Gasteiger charge is -2.24. The third-order valence-corrected chi connectivity index (χ3v) is 4.66. The van der Waals surface area contributed by atoms with E-state index in [9.17, 15) is 9.59 Å². The standard InChI is InChI=1S/C16H15NO4/c1-16-8-7-11(21-16)12-13(16)15(19)17(14(12)18)9-3-5-10(20-2)6-4-9/h3-8,11-13H,1-2H3/t11-,12+,13+,16-/m1/s1. The van der Waals surface area contributed by atoms with Crippen molar-refractivity contribution < 1.29 is 19.1 Å². The van der Waals surface area contributed by atoms with Gasteiger partial charge >= 0.3 is 0 Å². The SMILES string of the molecule is COc1ccc(N2C(=O)[C@@H]3[C@@H](C2=O)[C@@]2(C)C=C[C@H]3O2)cc1. The molecule has 0 spiro atoms. The third kappa shape index (κ3) is 1.49. The first-order valence-electron chi connectivity index (χ1n) is 6.94. The highest BCUT2D eigenvalue weighted by atomic mass is 16.5. The number of methoxy groups -OCH3 is 1. The molecule has 0 aliphatic carbocycles. The van der Waals surface area contributed by atoms with Crippen molar-refractivity contribution in [1.82, 2.24) is 0 Å². The van der Waals surface area contributed by atoms with E-state index in [1.54, 1.807) is 31.4 Å². The molecule has 2 bridgehead atoms. The van der Waals surface area contributed by atoms with Crippen LogP contribution in [0.3, 0.4) is 0 Å². The molecule has 1 aromatic carbocycles. The maximum Gasteiger partial charge on any atom is 0.241 e. The molecule has 0 N–H and O–H groups in total. The molecule has 21 heavy (non-hydrogen) atoms. The summed E-state index contributed by atoms with van der Waals surface area (Å²) in [5.74, 6) is -0.468. The summed E-state index contributed by atoms with van der Waals surface area (Å²) in [4.78, 5) is 26.6. The van der Waals surface area contributed by atoms with E-state index in [0.717, 1.165) is 0 Å². The minimum absolute atomic E-state index is 0.173. The lowest BCUT2D eigenvalue weighted by molar-refractivity contribution is -0.126. The molecule has 5 nitrogen and oxygen atoms in total. The highest BCUT2D eigenvalue weighted by molar-refractivity contribution is 6.23. The Bertz CT molecular complexity index is 665. The van der Waals surface area contributed by atoms with Crippen molar-refractivity contribution in [2.45, 2.75) is 18.6 Å². The Labute approximate surface area is 122 Å². The van der Waals surface area contributed by atoms with E-state index < -0.39 is 17.4 Å². The van der Waals surface area contributed by atoms with Gasteiger partial charge in [0.1, 0.15) is 5.75 Å². The Morgan fingerprint density at radius 2 is 1.90 bits per heavy atom. The highest BCUT2D eigenvalue weighted by Crippen LogP contribution is 2.52. The van der Waals surface area contributed by atoms with Crippen LogP contribution in [0.25, 0.3) is 0 Å². The number of benzene rings is 1. The van der Waals surface area contributed by atoms with E-state index in [2.05, 4.69) is 0 Å². The third-order valence-electron chi connectivity index (χ3n) is 4.66. The Hall–Kier alpha value is -2.14. The molecule has 3 aliphatic heterocycles. The zero-order valence-electron chi connectivity index (χ0n) is 11.8. The Morgan fingerprint density at radius 1 is 1.19 bits per heavy atom. The zero-order chi connectivity index (χ0) is 14.8. The average molecular weight is 285 g/mol. The Balaban J connectivity index is 1.72. The summed E-state index contributed by atoms with van der Waals surface area (Å²) in [6.07, 6.45) is 3.52. The van der Waals surface area contributed by atoms with E-state index >= 15 is 0 Å². The number of hydrogen-bond acceptors (Lipinski definition) is 4. The van der Waals surface area contributed by atoms with Crippen molar-refractivity contribution in [2.24, 2.45) is 11.8 Å². The minimum atomic E-state index is -0.650. The fourth-order valence-corrected chi connectivity index (χ4v) is 3.64. The van der Waals surface area contributed by atoms with Crippen LogP contribution in [-0.4, -0.2) is 30.6 Å². The van der Waals surface area contributed by atoms with E-state index in [1.165, 1.54) is 4.90 Å². The van der Waals surface area contributed by atoms with Crippen LogP contribution in [0.2, 0.25) is 0 Å². The molecule has 1 aromatic rings. The number of amides is 2. The Kier molecular flexibility index (Phi) is 2.37. The first kappa shape index (κ1) is 12.6. The number of imide groups is 1. The number of hydrogen-bond donors (Lipinski definition) is 0. The second kappa shape index (κ2) is 3.95. The van der Waals surface area contributed by atoms with Crippen LogP contribution in [-0.2, 0) is 14.3 Å². The van der Waals surface area contributed by atoms with E-state index in [1.807, 2.05) is 19.1 Å². The second-order valence-electron chi connectivity index (χ2n) is 5.84. The number of fused-ring (bicyclic) bond motifs is 5. The van der Waals surface area contributed by atoms with Crippen LogP contribution < -0.4 is 9.64 Å². The van der Waals surface area contributed by atoms with Crippen molar-refractivity contribution in [3.63, 3.8) is 0 Å². The van der Waals surface area contributed by atoms with E-state index in [-0.39, 0.29) is 17.9 Å². The van der Waals surface area contributed by atoms with Crippen molar-refractivity contribution in [3.05, 3.63) is 36.4 Å². The van der Waals surface area contributed by atoms with Crippen molar-refractivity contribution in [2.75, 3.05) is 12.0 Å². The van der Waals surface area contributed by atoms with Gasteiger partial charge in [-0.2, -0.15) is 0 Å². The van der Waals surface area contributed by atoms with Crippen LogP contribution in [0, 0.1) is 11.8 Å². The normalized spacial score (nSPS) is 36.5. The summed E-state index contributed by atoms with van der Waals surface area (Å²) >= 11 is 0. The van der Waals surface area contributed by atoms with E-state index in [0.29, 0.717) is 11.4 Å². The summed E-state index contributed by atoms with van der Waals surface area (Å²) in [7, 11) is 1.58. The summed E-state index contributed by atoms with van der Waals surface area (Å²) in [6.45, 7) is 1.87. The largest absolute Gasteiger partial charge is 0.497 e. The summed E-state index contributed by atoms with van der Waals surface area (Å²) in [5, 5.41) is 0. The predicted octanol–water partition coefficient (Wildman–Crippen LogP) is 1.53. The summed E-state index contributed by atoms with van der Waals surface area (Å²) < 4.78 is 10.9. The van der Waals surface area contributed by atoms with Crippen molar-refractivity contribution >= 4 is 17.5 Å². The molecule has 2 saturated heterocycles. The zero-order valence-corrected chi connectivity index (χ0v) is 11.8. The number of carbonyl (C=O) groups excluding carboxylic acids is 2. The average Bonchev–Trinajstić information content (AvgIpc) is 3.09. The highest BCUT2D eigenvalue weighted by Gasteiger charge is 2.65. The molecule has 2 amide bonds. The van der Waals surface area contributed by atoms with Gasteiger partial charge in [-0.05, 0) is 31.2 Å². The van der Waals surface area contributed by atoms with Gasteiger partial charge < -0.3 is 9.47 Å². The van der Waals surface area contributed by atoms with Gasteiger partial charge in [0.25, 0.3) is 0 Å². The number of carbonyl (C=O) groups is 2. The van der Waals surface area contributed by atoms with Gasteiger partial charge in [0.05, 0.1) is 36.3 Å². The summed E-state index contributed by atoms with van der Waals surface area (Å²) in [5.41, 5.74) is -0.0632. The van der Waals surface area contributed by atoms with Crippen LogP contribution in [0.5, 0.6) is 5.75 Å². The minimum Gasteiger partial charge on any atom is -0.497 e. The van der Waals surface area contributed by atoms with Gasteiger partial charge in [-0.1, -0.05) is 12.2 Å². The smallest absolute Gasteiger partial charge is 0.241 e. The molecule has 4 rings (SSSR count). The predicted molar refractivity (Wildman–Crippen MR) is 74.9 cm³/mol. The van der Waals surface area contributed by atoms with Crippen LogP contribution in [0.1, 0.15) is 6.92 Å². The van der Waals surface area contributed by atoms with Gasteiger partial charge in [0.15, 0.2) is 0 Å². The molecule has 5 heteroatoms.